The summed E-state index contributed by atoms with van der Waals surface area (Å²) < 4.78 is 6.87. The molecule has 1 amide bonds. The van der Waals surface area contributed by atoms with Crippen LogP contribution in [0.25, 0.3) is 5.69 Å². The van der Waals surface area contributed by atoms with Crippen molar-refractivity contribution in [3.05, 3.63) is 65.5 Å². The van der Waals surface area contributed by atoms with Crippen molar-refractivity contribution in [1.29, 1.82) is 0 Å². The predicted molar refractivity (Wildman–Crippen MR) is 95.3 cm³/mol. The number of carbonyl (C=O) groups excluding carboxylic acids is 1. The van der Waals surface area contributed by atoms with Gasteiger partial charge < -0.3 is 9.64 Å². The van der Waals surface area contributed by atoms with Gasteiger partial charge in [-0.3, -0.25) is 4.79 Å². The Bertz CT molecular complexity index is 939. The molecular weight excluding hydrogens is 330 g/mol. The van der Waals surface area contributed by atoms with E-state index < -0.39 is 0 Å². The van der Waals surface area contributed by atoms with Crippen molar-refractivity contribution in [2.45, 2.75) is 19.4 Å². The second kappa shape index (κ2) is 6.59. The number of benzene rings is 2. The number of carbonyl (C=O) groups is 1. The number of hydrogen-bond acceptors (Lipinski definition) is 5. The summed E-state index contributed by atoms with van der Waals surface area (Å²) >= 11 is 0. The Morgan fingerprint density at radius 3 is 2.85 bits per heavy atom. The van der Waals surface area contributed by atoms with E-state index >= 15 is 0 Å². The molecule has 7 heteroatoms. The number of ether oxygens (including phenoxy) is 1. The molecule has 0 unspecified atom stereocenters. The van der Waals surface area contributed by atoms with Gasteiger partial charge in [-0.1, -0.05) is 24.3 Å². The number of fused-ring (bicyclic) bond motifs is 1. The highest BCUT2D eigenvalue weighted by molar-refractivity contribution is 5.95. The maximum Gasteiger partial charge on any atom is 0.254 e. The van der Waals surface area contributed by atoms with Crippen molar-refractivity contribution < 1.29 is 9.53 Å². The van der Waals surface area contributed by atoms with E-state index in [1.807, 2.05) is 17.0 Å². The molecule has 26 heavy (non-hydrogen) atoms. The molecule has 7 nitrogen and oxygen atoms in total. The van der Waals surface area contributed by atoms with Crippen LogP contribution in [0.2, 0.25) is 0 Å². The number of amides is 1. The van der Waals surface area contributed by atoms with Crippen molar-refractivity contribution in [1.82, 2.24) is 25.1 Å². The highest BCUT2D eigenvalue weighted by Crippen LogP contribution is 2.31. The molecule has 2 heterocycles. The molecule has 4 rings (SSSR count). The number of methoxy groups -OCH3 is 1. The third-order valence-corrected chi connectivity index (χ3v) is 4.88. The van der Waals surface area contributed by atoms with Crippen LogP contribution in [0.15, 0.2) is 48.8 Å². The Kier molecular flexibility index (Phi) is 4.12. The third kappa shape index (κ3) is 2.71. The summed E-state index contributed by atoms with van der Waals surface area (Å²) in [6.07, 6.45) is 2.34. The molecule has 3 aromatic rings. The van der Waals surface area contributed by atoms with Crippen LogP contribution < -0.4 is 4.74 Å². The average molecular weight is 349 g/mol. The van der Waals surface area contributed by atoms with E-state index in [4.69, 9.17) is 4.74 Å². The lowest BCUT2D eigenvalue weighted by Crippen LogP contribution is -2.38. The maximum absolute atomic E-state index is 13.2. The van der Waals surface area contributed by atoms with E-state index in [1.165, 1.54) is 22.1 Å². The van der Waals surface area contributed by atoms with Gasteiger partial charge in [0.15, 0.2) is 0 Å². The van der Waals surface area contributed by atoms with Gasteiger partial charge in [0.2, 0.25) is 0 Å². The van der Waals surface area contributed by atoms with Gasteiger partial charge in [0.05, 0.1) is 13.2 Å². The van der Waals surface area contributed by atoms with E-state index in [-0.39, 0.29) is 11.9 Å². The minimum Gasteiger partial charge on any atom is -0.494 e. The van der Waals surface area contributed by atoms with Crippen LogP contribution in [-0.2, 0) is 6.42 Å². The summed E-state index contributed by atoms with van der Waals surface area (Å²) in [6, 6.07) is 13.7. The van der Waals surface area contributed by atoms with Crippen LogP contribution in [0.5, 0.6) is 5.75 Å². The quantitative estimate of drug-likeness (QED) is 0.726. The summed E-state index contributed by atoms with van der Waals surface area (Å²) in [5.41, 5.74) is 3.74. The Morgan fingerprint density at radius 2 is 2.08 bits per heavy atom. The molecular formula is C19H19N5O2. The lowest BCUT2D eigenvalue weighted by molar-refractivity contribution is 0.0677. The number of tetrazole rings is 1. The Balaban J connectivity index is 1.68. The summed E-state index contributed by atoms with van der Waals surface area (Å²) in [4.78, 5) is 15.1. The van der Waals surface area contributed by atoms with Gasteiger partial charge in [-0.25, -0.2) is 0 Å². The maximum atomic E-state index is 13.2. The van der Waals surface area contributed by atoms with Gasteiger partial charge in [0.1, 0.15) is 17.8 Å². The second-order valence-electron chi connectivity index (χ2n) is 6.26. The molecule has 1 atom stereocenters. The summed E-state index contributed by atoms with van der Waals surface area (Å²) in [5, 5.41) is 11.2. The largest absolute Gasteiger partial charge is 0.494 e. The first kappa shape index (κ1) is 16.3. The average Bonchev–Trinajstić information content (AvgIpc) is 3.22. The minimum atomic E-state index is -0.0102. The standard InChI is InChI=1S/C19H19N5O2/c1-13-16-6-4-3-5-14(16)9-10-23(13)19(25)15-7-8-18(26-2)17(11-15)24-12-20-21-22-24/h3-8,11-13H,9-10H2,1-2H3/t13-/m1/s1. The lowest BCUT2D eigenvalue weighted by atomic mass is 9.93. The Hall–Kier alpha value is -3.22. The topological polar surface area (TPSA) is 73.1 Å². The molecule has 0 bridgehead atoms. The molecule has 0 radical (unpaired) electrons. The first-order chi connectivity index (χ1) is 12.7. The van der Waals surface area contributed by atoms with Crippen LogP contribution in [0.3, 0.4) is 0 Å². The molecule has 0 N–H and O–H groups in total. The van der Waals surface area contributed by atoms with Crippen LogP contribution in [0.4, 0.5) is 0 Å². The number of hydrogen-bond donors (Lipinski definition) is 0. The summed E-state index contributed by atoms with van der Waals surface area (Å²) in [5.74, 6) is 0.592. The highest BCUT2D eigenvalue weighted by Gasteiger charge is 2.28. The zero-order valence-corrected chi connectivity index (χ0v) is 14.7. The zero-order chi connectivity index (χ0) is 18.1. The van der Waals surface area contributed by atoms with Gasteiger partial charge >= 0.3 is 0 Å². The first-order valence-electron chi connectivity index (χ1n) is 8.49. The van der Waals surface area contributed by atoms with Gasteiger partial charge in [-0.15, -0.1) is 5.10 Å². The molecule has 0 saturated heterocycles. The molecule has 1 aliphatic heterocycles. The van der Waals surface area contributed by atoms with E-state index in [2.05, 4.69) is 34.6 Å². The number of aromatic nitrogens is 4. The molecule has 1 aliphatic rings. The fraction of sp³-hybridized carbons (Fsp3) is 0.263. The molecule has 0 aliphatic carbocycles. The monoisotopic (exact) mass is 349 g/mol. The van der Waals surface area contributed by atoms with Crippen LogP contribution in [0.1, 0.15) is 34.5 Å². The molecule has 2 aromatic carbocycles. The first-order valence-corrected chi connectivity index (χ1v) is 8.49. The minimum absolute atomic E-state index is 0.0102. The Morgan fingerprint density at radius 1 is 1.23 bits per heavy atom. The van der Waals surface area contributed by atoms with E-state index in [9.17, 15) is 4.79 Å². The van der Waals surface area contributed by atoms with Crippen molar-refractivity contribution in [3.63, 3.8) is 0 Å². The molecule has 132 valence electrons. The van der Waals surface area contributed by atoms with Crippen molar-refractivity contribution in [2.75, 3.05) is 13.7 Å². The predicted octanol–water partition coefficient (Wildman–Crippen LogP) is 2.43. The van der Waals surface area contributed by atoms with Crippen LogP contribution in [-0.4, -0.2) is 44.7 Å². The fourth-order valence-corrected chi connectivity index (χ4v) is 3.49. The fourth-order valence-electron chi connectivity index (χ4n) is 3.49. The van der Waals surface area contributed by atoms with Crippen molar-refractivity contribution in [3.8, 4) is 11.4 Å². The van der Waals surface area contributed by atoms with E-state index in [0.29, 0.717) is 23.5 Å². The second-order valence-corrected chi connectivity index (χ2v) is 6.26. The van der Waals surface area contributed by atoms with Crippen molar-refractivity contribution >= 4 is 5.91 Å². The molecule has 0 fully saturated rings. The number of rotatable bonds is 3. The lowest BCUT2D eigenvalue weighted by Gasteiger charge is -2.35. The smallest absolute Gasteiger partial charge is 0.254 e. The molecule has 1 aromatic heterocycles. The summed E-state index contributed by atoms with van der Waals surface area (Å²) in [7, 11) is 1.58. The zero-order valence-electron chi connectivity index (χ0n) is 14.7. The SMILES string of the molecule is COc1ccc(C(=O)N2CCc3ccccc3[C@H]2C)cc1-n1cnnn1. The third-order valence-electron chi connectivity index (χ3n) is 4.88. The van der Waals surface area contributed by atoms with Gasteiger partial charge in [-0.2, -0.15) is 4.68 Å². The number of nitrogens with zero attached hydrogens (tertiary/aromatic N) is 5. The van der Waals surface area contributed by atoms with E-state index in [0.717, 1.165) is 6.42 Å². The Labute approximate surface area is 151 Å². The normalized spacial score (nSPS) is 16.2. The highest BCUT2D eigenvalue weighted by atomic mass is 16.5. The van der Waals surface area contributed by atoms with Crippen molar-refractivity contribution in [2.24, 2.45) is 0 Å². The summed E-state index contributed by atoms with van der Waals surface area (Å²) in [6.45, 7) is 2.77. The molecule has 0 spiro atoms. The van der Waals surface area contributed by atoms with Crippen LogP contribution >= 0.6 is 0 Å². The van der Waals surface area contributed by atoms with E-state index in [1.54, 1.807) is 25.3 Å². The van der Waals surface area contributed by atoms with Gasteiger partial charge in [-0.05, 0) is 53.1 Å². The van der Waals surface area contributed by atoms with Gasteiger partial charge in [0.25, 0.3) is 5.91 Å². The molecule has 0 saturated carbocycles. The van der Waals surface area contributed by atoms with Crippen LogP contribution in [0, 0.1) is 0 Å². The van der Waals surface area contributed by atoms with Gasteiger partial charge in [0, 0.05) is 12.1 Å².